The van der Waals surface area contributed by atoms with E-state index >= 15 is 0 Å². The van der Waals surface area contributed by atoms with Gasteiger partial charge in [-0.25, -0.2) is 4.79 Å². The molecular formula is C14H26N2O. The van der Waals surface area contributed by atoms with E-state index in [9.17, 15) is 4.79 Å². The van der Waals surface area contributed by atoms with E-state index < -0.39 is 0 Å². The van der Waals surface area contributed by atoms with Crippen LogP contribution in [0.1, 0.15) is 64.2 Å². The minimum atomic E-state index is -0.360. The van der Waals surface area contributed by atoms with Gasteiger partial charge in [-0.1, -0.05) is 32.1 Å². The highest BCUT2D eigenvalue weighted by atomic mass is 16.2. The topological polar surface area (TPSA) is 55.1 Å². The minimum absolute atomic E-state index is 0.343. The van der Waals surface area contributed by atoms with Crippen molar-refractivity contribution in [3.8, 4) is 0 Å². The quantitative estimate of drug-likeness (QED) is 0.779. The lowest BCUT2D eigenvalue weighted by molar-refractivity contribution is 0.214. The van der Waals surface area contributed by atoms with Crippen molar-refractivity contribution in [2.75, 3.05) is 0 Å². The number of urea groups is 1. The van der Waals surface area contributed by atoms with Crippen LogP contribution < -0.4 is 11.1 Å². The zero-order valence-electron chi connectivity index (χ0n) is 10.8. The van der Waals surface area contributed by atoms with Crippen molar-refractivity contribution in [1.82, 2.24) is 5.32 Å². The Labute approximate surface area is 105 Å². The Hall–Kier alpha value is -0.730. The van der Waals surface area contributed by atoms with Gasteiger partial charge >= 0.3 is 6.03 Å². The van der Waals surface area contributed by atoms with Crippen molar-refractivity contribution in [2.24, 2.45) is 17.6 Å². The third-order valence-electron chi connectivity index (χ3n) is 4.58. The lowest BCUT2D eigenvalue weighted by Crippen LogP contribution is -2.40. The summed E-state index contributed by atoms with van der Waals surface area (Å²) in [6.45, 7) is 0. The molecule has 0 aromatic rings. The van der Waals surface area contributed by atoms with Crippen LogP contribution in [-0.2, 0) is 0 Å². The van der Waals surface area contributed by atoms with Gasteiger partial charge in [-0.3, -0.25) is 0 Å². The van der Waals surface area contributed by atoms with Crippen LogP contribution in [-0.4, -0.2) is 12.1 Å². The average Bonchev–Trinajstić information content (AvgIpc) is 2.32. The molecule has 0 unspecified atom stereocenters. The molecule has 0 radical (unpaired) electrons. The molecular weight excluding hydrogens is 212 g/mol. The van der Waals surface area contributed by atoms with E-state index in [4.69, 9.17) is 5.73 Å². The van der Waals surface area contributed by atoms with E-state index in [1.54, 1.807) is 0 Å². The minimum Gasteiger partial charge on any atom is -0.352 e. The summed E-state index contributed by atoms with van der Waals surface area (Å²) in [6, 6.07) is -0.0177. The molecule has 2 aliphatic carbocycles. The lowest BCUT2D eigenvalue weighted by atomic mass is 9.76. The van der Waals surface area contributed by atoms with Crippen molar-refractivity contribution in [3.63, 3.8) is 0 Å². The van der Waals surface area contributed by atoms with E-state index in [0.717, 1.165) is 24.7 Å². The molecule has 0 saturated heterocycles. The van der Waals surface area contributed by atoms with Crippen molar-refractivity contribution in [2.45, 2.75) is 70.3 Å². The van der Waals surface area contributed by atoms with Crippen LogP contribution in [0.15, 0.2) is 0 Å². The summed E-state index contributed by atoms with van der Waals surface area (Å²) >= 11 is 0. The summed E-state index contributed by atoms with van der Waals surface area (Å²) in [4.78, 5) is 10.8. The third-order valence-corrected chi connectivity index (χ3v) is 4.58. The van der Waals surface area contributed by atoms with E-state index in [1.165, 1.54) is 51.4 Å². The molecule has 0 aromatic heterocycles. The van der Waals surface area contributed by atoms with Gasteiger partial charge in [-0.05, 0) is 43.9 Å². The largest absolute Gasteiger partial charge is 0.352 e. The molecule has 98 valence electrons. The smallest absolute Gasteiger partial charge is 0.312 e. The zero-order chi connectivity index (χ0) is 12.1. The molecule has 0 aromatic carbocycles. The SMILES string of the molecule is NC(=O)NC1CCC(CC2CCCCC2)CC1. The summed E-state index contributed by atoms with van der Waals surface area (Å²) in [7, 11) is 0. The third kappa shape index (κ3) is 4.21. The number of carbonyl (C=O) groups is 1. The zero-order valence-corrected chi connectivity index (χ0v) is 10.8. The molecule has 17 heavy (non-hydrogen) atoms. The van der Waals surface area contributed by atoms with Gasteiger partial charge in [0.25, 0.3) is 0 Å². The fraction of sp³-hybridized carbons (Fsp3) is 0.929. The highest BCUT2D eigenvalue weighted by Crippen LogP contribution is 2.35. The summed E-state index contributed by atoms with van der Waals surface area (Å²) in [5, 5.41) is 2.84. The summed E-state index contributed by atoms with van der Waals surface area (Å²) in [6.07, 6.45) is 13.5. The van der Waals surface area contributed by atoms with Gasteiger partial charge in [0.05, 0.1) is 0 Å². The van der Waals surface area contributed by atoms with E-state index in [0.29, 0.717) is 6.04 Å². The molecule has 2 aliphatic rings. The van der Waals surface area contributed by atoms with Crippen LogP contribution in [0.4, 0.5) is 4.79 Å². The first kappa shape index (κ1) is 12.7. The van der Waals surface area contributed by atoms with Crippen LogP contribution in [0.5, 0.6) is 0 Å². The van der Waals surface area contributed by atoms with Crippen LogP contribution in [0, 0.1) is 11.8 Å². The second-order valence-corrected chi connectivity index (χ2v) is 5.97. The monoisotopic (exact) mass is 238 g/mol. The summed E-state index contributed by atoms with van der Waals surface area (Å²) < 4.78 is 0. The highest BCUT2D eigenvalue weighted by molar-refractivity contribution is 5.71. The number of amides is 2. The van der Waals surface area contributed by atoms with Crippen molar-refractivity contribution in [3.05, 3.63) is 0 Å². The number of rotatable bonds is 3. The van der Waals surface area contributed by atoms with Crippen LogP contribution in [0.25, 0.3) is 0 Å². The molecule has 0 heterocycles. The predicted molar refractivity (Wildman–Crippen MR) is 69.7 cm³/mol. The average molecular weight is 238 g/mol. The number of carbonyl (C=O) groups excluding carboxylic acids is 1. The summed E-state index contributed by atoms with van der Waals surface area (Å²) in [5.74, 6) is 1.90. The van der Waals surface area contributed by atoms with E-state index in [-0.39, 0.29) is 6.03 Å². The normalized spacial score (nSPS) is 31.1. The predicted octanol–water partition coefficient (Wildman–Crippen LogP) is 3.18. The van der Waals surface area contributed by atoms with Gasteiger partial charge in [0.15, 0.2) is 0 Å². The molecule has 3 N–H and O–H groups in total. The molecule has 0 aliphatic heterocycles. The Kier molecular flexibility index (Phi) is 4.69. The van der Waals surface area contributed by atoms with Gasteiger partial charge in [-0.15, -0.1) is 0 Å². The van der Waals surface area contributed by atoms with Crippen LogP contribution >= 0.6 is 0 Å². The van der Waals surface area contributed by atoms with E-state index in [1.807, 2.05) is 0 Å². The van der Waals surface area contributed by atoms with Crippen molar-refractivity contribution >= 4 is 6.03 Å². The molecule has 2 rings (SSSR count). The molecule has 0 spiro atoms. The molecule has 2 saturated carbocycles. The van der Waals surface area contributed by atoms with Gasteiger partial charge < -0.3 is 11.1 Å². The second kappa shape index (κ2) is 6.27. The molecule has 0 bridgehead atoms. The second-order valence-electron chi connectivity index (χ2n) is 5.97. The lowest BCUT2D eigenvalue weighted by Gasteiger charge is -2.32. The van der Waals surface area contributed by atoms with Gasteiger partial charge in [-0.2, -0.15) is 0 Å². The molecule has 2 amide bonds. The van der Waals surface area contributed by atoms with Crippen molar-refractivity contribution < 1.29 is 4.79 Å². The molecule has 3 nitrogen and oxygen atoms in total. The molecule has 2 fully saturated rings. The first-order valence-corrected chi connectivity index (χ1v) is 7.30. The number of nitrogens with two attached hydrogens (primary N) is 1. The first-order chi connectivity index (χ1) is 8.24. The maximum atomic E-state index is 10.8. The fourth-order valence-corrected chi connectivity index (χ4v) is 3.64. The Morgan fingerprint density at radius 2 is 1.53 bits per heavy atom. The Morgan fingerprint density at radius 1 is 0.941 bits per heavy atom. The number of hydrogen-bond donors (Lipinski definition) is 2. The van der Waals surface area contributed by atoms with Crippen LogP contribution in [0.2, 0.25) is 0 Å². The first-order valence-electron chi connectivity index (χ1n) is 7.30. The highest BCUT2D eigenvalue weighted by Gasteiger charge is 2.24. The molecule has 3 heteroatoms. The van der Waals surface area contributed by atoms with Gasteiger partial charge in [0, 0.05) is 6.04 Å². The number of hydrogen-bond acceptors (Lipinski definition) is 1. The number of nitrogens with one attached hydrogen (secondary N) is 1. The van der Waals surface area contributed by atoms with Crippen LogP contribution in [0.3, 0.4) is 0 Å². The fourth-order valence-electron chi connectivity index (χ4n) is 3.64. The molecule has 0 atom stereocenters. The Balaban J connectivity index is 1.66. The Morgan fingerprint density at radius 3 is 2.12 bits per heavy atom. The maximum Gasteiger partial charge on any atom is 0.312 e. The Bertz CT molecular complexity index is 241. The number of primary amides is 1. The maximum absolute atomic E-state index is 10.8. The summed E-state index contributed by atoms with van der Waals surface area (Å²) in [5.41, 5.74) is 5.16. The van der Waals surface area contributed by atoms with E-state index in [2.05, 4.69) is 5.32 Å². The standard InChI is InChI=1S/C14H26N2O/c15-14(17)16-13-8-6-12(7-9-13)10-11-4-2-1-3-5-11/h11-13H,1-10H2,(H3,15,16,17). The van der Waals surface area contributed by atoms with Gasteiger partial charge in [0.2, 0.25) is 0 Å². The van der Waals surface area contributed by atoms with Gasteiger partial charge in [0.1, 0.15) is 0 Å². The van der Waals surface area contributed by atoms with Crippen molar-refractivity contribution in [1.29, 1.82) is 0 Å².